The number of methoxy groups -OCH3 is 1. The first kappa shape index (κ1) is 32.5. The molecule has 0 aromatic heterocycles. The van der Waals surface area contributed by atoms with Crippen molar-refractivity contribution in [2.75, 3.05) is 20.3 Å². The fourth-order valence-electron chi connectivity index (χ4n) is 6.33. The zero-order chi connectivity index (χ0) is 30.8. The van der Waals surface area contributed by atoms with Crippen LogP contribution in [0.25, 0.3) is 0 Å². The van der Waals surface area contributed by atoms with Crippen molar-refractivity contribution in [2.24, 2.45) is 11.3 Å². The number of benzene rings is 2. The Balaban J connectivity index is 1.87. The summed E-state index contributed by atoms with van der Waals surface area (Å²) in [6.07, 6.45) is 0.303. The summed E-state index contributed by atoms with van der Waals surface area (Å²) in [5, 5.41) is 0. The molecule has 0 unspecified atom stereocenters. The van der Waals surface area contributed by atoms with Crippen LogP contribution in [-0.2, 0) is 35.8 Å². The lowest BCUT2D eigenvalue weighted by atomic mass is 9.73. The molecule has 2 fully saturated rings. The molecule has 4 rings (SSSR count). The van der Waals surface area contributed by atoms with Gasteiger partial charge in [0, 0.05) is 22.6 Å². The quantitative estimate of drug-likeness (QED) is 0.289. The van der Waals surface area contributed by atoms with Gasteiger partial charge in [0.25, 0.3) is 5.91 Å². The van der Waals surface area contributed by atoms with Crippen LogP contribution in [0, 0.1) is 11.3 Å². The summed E-state index contributed by atoms with van der Waals surface area (Å²) >= 11 is 3.74. The SMILES string of the molecule is CCOC(=O)[C@@H]1[C@@H](C(C)(C)C)[C@H](OCc2cc(C(C)(C)C)ccc2OC)[C@H](c2ccccc2Br)N1C(=O)[C@@H]1CCCO1. The summed E-state index contributed by atoms with van der Waals surface area (Å²) in [7, 11) is 1.66. The summed E-state index contributed by atoms with van der Waals surface area (Å²) in [5.41, 5.74) is 2.50. The highest BCUT2D eigenvalue weighted by molar-refractivity contribution is 9.10. The second kappa shape index (κ2) is 13.1. The van der Waals surface area contributed by atoms with Crippen molar-refractivity contribution < 1.29 is 28.5 Å². The third-order valence-corrected chi connectivity index (χ3v) is 9.12. The van der Waals surface area contributed by atoms with E-state index in [0.29, 0.717) is 13.0 Å². The Hall–Kier alpha value is -2.42. The lowest BCUT2D eigenvalue weighted by Gasteiger charge is -2.35. The molecule has 2 aromatic carbocycles. The number of hydrogen-bond donors (Lipinski definition) is 0. The smallest absolute Gasteiger partial charge is 0.329 e. The van der Waals surface area contributed by atoms with E-state index in [4.69, 9.17) is 18.9 Å². The molecule has 0 spiro atoms. The van der Waals surface area contributed by atoms with Gasteiger partial charge in [0.15, 0.2) is 0 Å². The molecule has 0 radical (unpaired) electrons. The third kappa shape index (κ3) is 6.71. The second-order valence-corrected chi connectivity index (χ2v) is 14.2. The summed E-state index contributed by atoms with van der Waals surface area (Å²) in [6, 6.07) is 12.6. The standard InChI is InChI=1S/C34H46BrNO6/c1-9-40-32(38)29-27(34(5,6)7)30(42-20-21-19-22(33(2,3)4)16-17-25(21)39-8)28(23-13-10-11-14-24(23)35)36(29)31(37)26-15-12-18-41-26/h10-11,13-14,16-17,19,26-30H,9,12,15,18,20H2,1-8H3/t26-,27+,28-,29-,30-/m0/s1. The van der Waals surface area contributed by atoms with Crippen LogP contribution in [0.15, 0.2) is 46.9 Å². The van der Waals surface area contributed by atoms with Crippen LogP contribution in [0.4, 0.5) is 0 Å². The van der Waals surface area contributed by atoms with Crippen LogP contribution in [0.1, 0.15) is 84.0 Å². The maximum absolute atomic E-state index is 14.3. The molecule has 0 bridgehead atoms. The predicted octanol–water partition coefficient (Wildman–Crippen LogP) is 7.00. The van der Waals surface area contributed by atoms with Crippen LogP contribution in [0.2, 0.25) is 0 Å². The lowest BCUT2D eigenvalue weighted by Crippen LogP contribution is -2.50. The Kier molecular flexibility index (Phi) is 10.1. The molecule has 230 valence electrons. The average Bonchev–Trinajstić information content (AvgIpc) is 3.58. The van der Waals surface area contributed by atoms with E-state index in [0.717, 1.165) is 27.8 Å². The van der Waals surface area contributed by atoms with Crippen LogP contribution in [0.5, 0.6) is 5.75 Å². The molecule has 2 aliphatic heterocycles. The van der Waals surface area contributed by atoms with Crippen molar-refractivity contribution in [1.82, 2.24) is 4.90 Å². The van der Waals surface area contributed by atoms with Gasteiger partial charge in [0.05, 0.1) is 32.5 Å². The van der Waals surface area contributed by atoms with E-state index in [2.05, 4.69) is 69.6 Å². The van der Waals surface area contributed by atoms with Crippen LogP contribution >= 0.6 is 15.9 Å². The minimum atomic E-state index is -0.841. The van der Waals surface area contributed by atoms with Crippen LogP contribution in [0.3, 0.4) is 0 Å². The second-order valence-electron chi connectivity index (χ2n) is 13.4. The Morgan fingerprint density at radius 1 is 1.07 bits per heavy atom. The molecule has 1 amide bonds. The number of esters is 1. The Morgan fingerprint density at radius 3 is 2.36 bits per heavy atom. The van der Waals surface area contributed by atoms with E-state index in [-0.39, 0.29) is 30.5 Å². The summed E-state index contributed by atoms with van der Waals surface area (Å²) in [5.74, 6) is -0.242. The number of nitrogens with zero attached hydrogens (tertiary/aromatic N) is 1. The van der Waals surface area contributed by atoms with E-state index in [1.165, 1.54) is 5.56 Å². The minimum absolute atomic E-state index is 0.0563. The first-order chi connectivity index (χ1) is 19.8. The lowest BCUT2D eigenvalue weighted by molar-refractivity contribution is -0.160. The maximum Gasteiger partial charge on any atom is 0.329 e. The van der Waals surface area contributed by atoms with E-state index < -0.39 is 35.7 Å². The third-order valence-electron chi connectivity index (χ3n) is 8.39. The van der Waals surface area contributed by atoms with Crippen LogP contribution < -0.4 is 4.74 Å². The first-order valence-corrected chi connectivity index (χ1v) is 15.7. The molecule has 5 atom stereocenters. The number of carbonyl (C=O) groups excluding carboxylic acids is 2. The Labute approximate surface area is 259 Å². The van der Waals surface area contributed by atoms with Gasteiger partial charge in [0.1, 0.15) is 17.9 Å². The van der Waals surface area contributed by atoms with Gasteiger partial charge < -0.3 is 23.8 Å². The molecule has 2 aliphatic rings. The summed E-state index contributed by atoms with van der Waals surface area (Å²) in [6.45, 7) is 15.6. The fraction of sp³-hybridized carbons (Fsp3) is 0.588. The van der Waals surface area contributed by atoms with Crippen molar-refractivity contribution in [3.05, 3.63) is 63.6 Å². The summed E-state index contributed by atoms with van der Waals surface area (Å²) in [4.78, 5) is 29.9. The molecule has 7 nitrogen and oxygen atoms in total. The zero-order valence-electron chi connectivity index (χ0n) is 26.2. The monoisotopic (exact) mass is 643 g/mol. The highest BCUT2D eigenvalue weighted by atomic mass is 79.9. The van der Waals surface area contributed by atoms with Gasteiger partial charge in [-0.3, -0.25) is 4.79 Å². The van der Waals surface area contributed by atoms with Gasteiger partial charge in [0.2, 0.25) is 0 Å². The number of amides is 1. The molecular formula is C34H46BrNO6. The minimum Gasteiger partial charge on any atom is -0.496 e. The molecule has 2 heterocycles. The number of hydrogen-bond acceptors (Lipinski definition) is 6. The van der Waals surface area contributed by atoms with Gasteiger partial charge in [-0.05, 0) is 59.9 Å². The largest absolute Gasteiger partial charge is 0.496 e. The topological polar surface area (TPSA) is 74.3 Å². The zero-order valence-corrected chi connectivity index (χ0v) is 27.8. The predicted molar refractivity (Wildman–Crippen MR) is 166 cm³/mol. The number of carbonyl (C=O) groups is 2. The van der Waals surface area contributed by atoms with E-state index >= 15 is 0 Å². The van der Waals surface area contributed by atoms with E-state index in [9.17, 15) is 9.59 Å². The maximum atomic E-state index is 14.3. The average molecular weight is 645 g/mol. The van der Waals surface area contributed by atoms with Crippen molar-refractivity contribution in [1.29, 1.82) is 0 Å². The highest BCUT2D eigenvalue weighted by Gasteiger charge is 2.60. The molecule has 42 heavy (non-hydrogen) atoms. The van der Waals surface area contributed by atoms with Crippen molar-refractivity contribution in [3.63, 3.8) is 0 Å². The molecular weight excluding hydrogens is 598 g/mol. The first-order valence-electron chi connectivity index (χ1n) is 14.9. The van der Waals surface area contributed by atoms with Crippen molar-refractivity contribution in [3.8, 4) is 5.75 Å². The van der Waals surface area contributed by atoms with Gasteiger partial charge in [-0.25, -0.2) is 4.79 Å². The van der Waals surface area contributed by atoms with E-state index in [1.807, 2.05) is 30.3 Å². The van der Waals surface area contributed by atoms with Gasteiger partial charge in [-0.15, -0.1) is 0 Å². The summed E-state index contributed by atoms with van der Waals surface area (Å²) < 4.78 is 25.0. The fourth-order valence-corrected chi connectivity index (χ4v) is 6.85. The van der Waals surface area contributed by atoms with Crippen molar-refractivity contribution in [2.45, 2.75) is 97.6 Å². The van der Waals surface area contributed by atoms with Crippen molar-refractivity contribution >= 4 is 27.8 Å². The van der Waals surface area contributed by atoms with Crippen LogP contribution in [-0.4, -0.2) is 55.3 Å². The number of rotatable bonds is 8. The van der Waals surface area contributed by atoms with Gasteiger partial charge >= 0.3 is 5.97 Å². The molecule has 2 aromatic rings. The molecule has 0 aliphatic carbocycles. The Bertz CT molecular complexity index is 1260. The Morgan fingerprint density at radius 2 is 1.79 bits per heavy atom. The number of ether oxygens (including phenoxy) is 4. The molecule has 8 heteroatoms. The van der Waals surface area contributed by atoms with Gasteiger partial charge in [-0.1, -0.05) is 81.7 Å². The molecule has 2 saturated heterocycles. The highest BCUT2D eigenvalue weighted by Crippen LogP contribution is 2.51. The van der Waals surface area contributed by atoms with E-state index in [1.54, 1.807) is 18.9 Å². The number of likely N-dealkylation sites (tertiary alicyclic amines) is 1. The molecule has 0 saturated carbocycles. The number of halogens is 1. The van der Waals surface area contributed by atoms with Gasteiger partial charge in [-0.2, -0.15) is 0 Å². The molecule has 0 N–H and O–H groups in total. The normalized spacial score (nSPS) is 24.6.